The van der Waals surface area contributed by atoms with Crippen molar-refractivity contribution in [3.05, 3.63) is 59.4 Å². The number of benzene rings is 2. The van der Waals surface area contributed by atoms with E-state index >= 15 is 0 Å². The summed E-state index contributed by atoms with van der Waals surface area (Å²) in [6.45, 7) is 2.47. The summed E-state index contributed by atoms with van der Waals surface area (Å²) in [7, 11) is 3.58. The van der Waals surface area contributed by atoms with Crippen LogP contribution in [0.4, 0.5) is 10.1 Å². The minimum atomic E-state index is -0.348. The molecule has 4 heteroatoms. The van der Waals surface area contributed by atoms with Gasteiger partial charge in [-0.3, -0.25) is 0 Å². The second-order valence-corrected chi connectivity index (χ2v) is 5.17. The lowest BCUT2D eigenvalue weighted by atomic mass is 10.0. The molecule has 0 aromatic heterocycles. The third-order valence-corrected chi connectivity index (χ3v) is 3.48. The van der Waals surface area contributed by atoms with Gasteiger partial charge in [0.15, 0.2) is 0 Å². The summed E-state index contributed by atoms with van der Waals surface area (Å²) in [5.41, 5.74) is 8.39. The largest absolute Gasteiger partial charge is 0.497 e. The first-order chi connectivity index (χ1) is 10.0. The van der Waals surface area contributed by atoms with Crippen molar-refractivity contribution in [2.75, 3.05) is 19.1 Å². The number of hydrogen-bond acceptors (Lipinski definition) is 3. The fraction of sp³-hybridized carbons (Fsp3) is 0.294. The van der Waals surface area contributed by atoms with Gasteiger partial charge >= 0.3 is 0 Å². The lowest BCUT2D eigenvalue weighted by molar-refractivity contribution is 0.414. The Kier molecular flexibility index (Phi) is 4.81. The van der Waals surface area contributed by atoms with Crippen molar-refractivity contribution >= 4 is 5.69 Å². The zero-order chi connectivity index (χ0) is 15.4. The van der Waals surface area contributed by atoms with Crippen molar-refractivity contribution in [2.24, 2.45) is 5.73 Å². The quantitative estimate of drug-likeness (QED) is 0.915. The van der Waals surface area contributed by atoms with Crippen LogP contribution in [0.3, 0.4) is 0 Å². The number of methoxy groups -OCH3 is 1. The number of hydrogen-bond donors (Lipinski definition) is 1. The fourth-order valence-corrected chi connectivity index (χ4v) is 2.40. The molecule has 0 aliphatic heterocycles. The van der Waals surface area contributed by atoms with Crippen LogP contribution < -0.4 is 15.4 Å². The summed E-state index contributed by atoms with van der Waals surface area (Å²) in [6, 6.07) is 12.5. The SMILES string of the molecule is COc1ccc(CN(C)c2cccc(F)c2[C@@H](C)N)cc1. The van der Waals surface area contributed by atoms with Gasteiger partial charge in [-0.1, -0.05) is 18.2 Å². The van der Waals surface area contributed by atoms with Crippen LogP contribution in [0.15, 0.2) is 42.5 Å². The summed E-state index contributed by atoms with van der Waals surface area (Å²) in [4.78, 5) is 2.00. The van der Waals surface area contributed by atoms with Crippen molar-refractivity contribution in [3.63, 3.8) is 0 Å². The molecule has 1 atom stereocenters. The predicted molar refractivity (Wildman–Crippen MR) is 84.1 cm³/mol. The molecule has 21 heavy (non-hydrogen) atoms. The molecular weight excluding hydrogens is 267 g/mol. The standard InChI is InChI=1S/C17H21FN2O/c1-12(19)17-15(18)5-4-6-16(17)20(2)11-13-7-9-14(21-3)10-8-13/h4-10,12H,11,19H2,1-3H3/t12-/m1/s1. The van der Waals surface area contributed by atoms with Crippen LogP contribution in [-0.2, 0) is 6.54 Å². The van der Waals surface area contributed by atoms with E-state index in [4.69, 9.17) is 10.5 Å². The topological polar surface area (TPSA) is 38.5 Å². The minimum Gasteiger partial charge on any atom is -0.497 e. The van der Waals surface area contributed by atoms with Crippen LogP contribution >= 0.6 is 0 Å². The maximum atomic E-state index is 14.0. The van der Waals surface area contributed by atoms with Crippen LogP contribution in [0.2, 0.25) is 0 Å². The van der Waals surface area contributed by atoms with Gasteiger partial charge in [-0.2, -0.15) is 0 Å². The molecule has 0 saturated carbocycles. The molecule has 0 spiro atoms. The fourth-order valence-electron chi connectivity index (χ4n) is 2.40. The molecule has 2 aromatic rings. The van der Waals surface area contributed by atoms with Crippen molar-refractivity contribution in [3.8, 4) is 5.75 Å². The van der Waals surface area contributed by atoms with Crippen LogP contribution in [0.5, 0.6) is 5.75 Å². The first kappa shape index (κ1) is 15.3. The number of rotatable bonds is 5. The molecule has 112 valence electrons. The summed E-state index contributed by atoms with van der Waals surface area (Å²) < 4.78 is 19.1. The summed E-state index contributed by atoms with van der Waals surface area (Å²) >= 11 is 0. The van der Waals surface area contributed by atoms with Crippen molar-refractivity contribution < 1.29 is 9.13 Å². The second kappa shape index (κ2) is 6.59. The Morgan fingerprint density at radius 1 is 1.19 bits per heavy atom. The van der Waals surface area contributed by atoms with E-state index in [0.29, 0.717) is 12.1 Å². The molecule has 2 rings (SSSR count). The zero-order valence-electron chi connectivity index (χ0n) is 12.6. The molecule has 0 saturated heterocycles. The van der Waals surface area contributed by atoms with Crippen LogP contribution in [-0.4, -0.2) is 14.2 Å². The zero-order valence-corrected chi connectivity index (χ0v) is 12.6. The highest BCUT2D eigenvalue weighted by Crippen LogP contribution is 2.28. The average molecular weight is 288 g/mol. The summed E-state index contributed by atoms with van der Waals surface area (Å²) in [5, 5.41) is 0. The molecule has 0 heterocycles. The van der Waals surface area contributed by atoms with E-state index in [1.54, 1.807) is 20.1 Å². The van der Waals surface area contributed by atoms with E-state index in [0.717, 1.165) is 17.0 Å². The highest BCUT2D eigenvalue weighted by atomic mass is 19.1. The number of halogens is 1. The maximum Gasteiger partial charge on any atom is 0.130 e. The molecule has 2 aromatic carbocycles. The van der Waals surface area contributed by atoms with Crippen molar-refractivity contribution in [1.82, 2.24) is 0 Å². The lowest BCUT2D eigenvalue weighted by Gasteiger charge is -2.24. The molecule has 0 aliphatic rings. The van der Waals surface area contributed by atoms with E-state index in [9.17, 15) is 4.39 Å². The van der Waals surface area contributed by atoms with Gasteiger partial charge in [0.25, 0.3) is 0 Å². The van der Waals surface area contributed by atoms with Crippen molar-refractivity contribution in [2.45, 2.75) is 19.5 Å². The number of ether oxygens (including phenoxy) is 1. The molecule has 0 bridgehead atoms. The van der Waals surface area contributed by atoms with E-state index in [-0.39, 0.29) is 11.9 Å². The van der Waals surface area contributed by atoms with E-state index in [1.807, 2.05) is 42.3 Å². The normalized spacial score (nSPS) is 12.0. The Morgan fingerprint density at radius 2 is 1.86 bits per heavy atom. The van der Waals surface area contributed by atoms with Gasteiger partial charge in [0.05, 0.1) is 7.11 Å². The van der Waals surface area contributed by atoms with Crippen LogP contribution in [0, 0.1) is 5.82 Å². The average Bonchev–Trinajstić information content (AvgIpc) is 2.47. The summed E-state index contributed by atoms with van der Waals surface area (Å²) in [5.74, 6) is 0.563. The molecule has 0 amide bonds. The van der Waals surface area contributed by atoms with E-state index in [1.165, 1.54) is 6.07 Å². The minimum absolute atomic E-state index is 0.260. The molecule has 0 fully saturated rings. The molecular formula is C17H21FN2O. The van der Waals surface area contributed by atoms with Gasteiger partial charge in [-0.25, -0.2) is 4.39 Å². The highest BCUT2D eigenvalue weighted by Gasteiger charge is 2.15. The Balaban J connectivity index is 2.23. The molecule has 2 N–H and O–H groups in total. The smallest absolute Gasteiger partial charge is 0.130 e. The Bertz CT molecular complexity index is 596. The van der Waals surface area contributed by atoms with Gasteiger partial charge in [-0.05, 0) is 36.8 Å². The Morgan fingerprint density at radius 3 is 2.43 bits per heavy atom. The van der Waals surface area contributed by atoms with E-state index in [2.05, 4.69) is 0 Å². The Labute approximate surface area is 125 Å². The van der Waals surface area contributed by atoms with Crippen LogP contribution in [0.25, 0.3) is 0 Å². The monoisotopic (exact) mass is 288 g/mol. The van der Waals surface area contributed by atoms with Gasteiger partial charge in [-0.15, -0.1) is 0 Å². The molecule has 3 nitrogen and oxygen atoms in total. The molecule has 0 radical (unpaired) electrons. The maximum absolute atomic E-state index is 14.0. The van der Waals surface area contributed by atoms with Gasteiger partial charge < -0.3 is 15.4 Å². The first-order valence-corrected chi connectivity index (χ1v) is 6.91. The number of anilines is 1. The van der Waals surface area contributed by atoms with Gasteiger partial charge in [0.2, 0.25) is 0 Å². The number of nitrogens with two attached hydrogens (primary N) is 1. The third-order valence-electron chi connectivity index (χ3n) is 3.48. The van der Waals surface area contributed by atoms with Gasteiger partial charge in [0.1, 0.15) is 11.6 Å². The molecule has 0 aliphatic carbocycles. The second-order valence-electron chi connectivity index (χ2n) is 5.17. The van der Waals surface area contributed by atoms with Crippen LogP contribution in [0.1, 0.15) is 24.1 Å². The summed E-state index contributed by atoms with van der Waals surface area (Å²) in [6.07, 6.45) is 0. The number of nitrogens with zero attached hydrogens (tertiary/aromatic N) is 1. The Hall–Kier alpha value is -2.07. The molecule has 0 unspecified atom stereocenters. The van der Waals surface area contributed by atoms with E-state index < -0.39 is 0 Å². The first-order valence-electron chi connectivity index (χ1n) is 6.91. The van der Waals surface area contributed by atoms with Gasteiger partial charge in [0, 0.05) is 30.9 Å². The third kappa shape index (κ3) is 3.52. The predicted octanol–water partition coefficient (Wildman–Crippen LogP) is 3.49. The van der Waals surface area contributed by atoms with Crippen molar-refractivity contribution in [1.29, 1.82) is 0 Å². The highest BCUT2D eigenvalue weighted by molar-refractivity contribution is 5.55. The lowest BCUT2D eigenvalue weighted by Crippen LogP contribution is -2.21.